The molecule has 0 spiro atoms. The lowest BCUT2D eigenvalue weighted by Gasteiger charge is -2.44. The molecule has 0 N–H and O–H groups in total. The van der Waals surface area contributed by atoms with Crippen LogP contribution in [0.25, 0.3) is 21.9 Å². The summed E-state index contributed by atoms with van der Waals surface area (Å²) in [5.41, 5.74) is 5.73. The Morgan fingerprint density at radius 2 is 1.60 bits per heavy atom. The van der Waals surface area contributed by atoms with Gasteiger partial charge in [0.15, 0.2) is 8.24 Å². The van der Waals surface area contributed by atoms with Crippen molar-refractivity contribution in [3.8, 4) is 0 Å². The first-order valence-electron chi connectivity index (χ1n) is 9.57. The molecule has 0 radical (unpaired) electrons. The molecule has 3 rings (SSSR count). The predicted molar refractivity (Wildman–Crippen MR) is 110 cm³/mol. The Labute approximate surface area is 152 Å². The van der Waals surface area contributed by atoms with Crippen LogP contribution in [0.3, 0.4) is 0 Å². The molecule has 4 nitrogen and oxygen atoms in total. The normalized spacial score (nSPS) is 13.2. The summed E-state index contributed by atoms with van der Waals surface area (Å²) < 4.78 is 4.64. The highest BCUT2D eigenvalue weighted by molar-refractivity contribution is 6.82. The zero-order valence-corrected chi connectivity index (χ0v) is 18.0. The Kier molecular flexibility index (Phi) is 4.56. The number of pyridine rings is 1. The van der Waals surface area contributed by atoms with E-state index in [1.807, 2.05) is 24.1 Å². The maximum atomic E-state index is 4.95. The minimum Gasteiger partial charge on any atom is -0.358 e. The Morgan fingerprint density at radius 1 is 1.00 bits per heavy atom. The number of rotatable bonds is 5. The van der Waals surface area contributed by atoms with Gasteiger partial charge in [-0.1, -0.05) is 48.5 Å². The molecule has 5 heteroatoms. The molecule has 0 saturated heterocycles. The maximum Gasteiger partial charge on any atom is 0.171 e. The fourth-order valence-electron chi connectivity index (χ4n) is 5.31. The van der Waals surface area contributed by atoms with Gasteiger partial charge in [-0.15, -0.1) is 0 Å². The lowest BCUT2D eigenvalue weighted by molar-refractivity contribution is 0.769. The van der Waals surface area contributed by atoms with Crippen LogP contribution in [0.2, 0.25) is 16.6 Å². The van der Waals surface area contributed by atoms with Crippen LogP contribution in [0.15, 0.2) is 18.6 Å². The van der Waals surface area contributed by atoms with Crippen molar-refractivity contribution < 1.29 is 0 Å². The molecule has 0 fully saturated rings. The van der Waals surface area contributed by atoms with Crippen molar-refractivity contribution in [1.29, 1.82) is 0 Å². The van der Waals surface area contributed by atoms with Crippen molar-refractivity contribution in [2.75, 3.05) is 0 Å². The summed E-state index contributed by atoms with van der Waals surface area (Å²) in [6.07, 6.45) is 7.38. The second-order valence-electron chi connectivity index (χ2n) is 8.26. The van der Waals surface area contributed by atoms with E-state index in [9.17, 15) is 0 Å². The molecule has 0 aliphatic heterocycles. The largest absolute Gasteiger partial charge is 0.358 e. The summed E-state index contributed by atoms with van der Waals surface area (Å²) in [4.78, 5) is 4.95. The van der Waals surface area contributed by atoms with E-state index in [0.717, 1.165) is 17.5 Å². The van der Waals surface area contributed by atoms with Crippen LogP contribution in [0.1, 0.15) is 54.0 Å². The summed E-state index contributed by atoms with van der Waals surface area (Å²) in [6, 6.07) is 0. The van der Waals surface area contributed by atoms with Gasteiger partial charge in [0.05, 0.1) is 11.7 Å². The van der Waals surface area contributed by atoms with Crippen LogP contribution in [0, 0.1) is 0 Å². The Balaban J connectivity index is 2.48. The van der Waals surface area contributed by atoms with Crippen molar-refractivity contribution in [3.63, 3.8) is 0 Å². The van der Waals surface area contributed by atoms with Gasteiger partial charge in [0, 0.05) is 30.2 Å². The third-order valence-corrected chi connectivity index (χ3v) is 12.9. The van der Waals surface area contributed by atoms with Crippen LogP contribution in [-0.4, -0.2) is 27.2 Å². The molecule has 0 aromatic carbocycles. The average molecular weight is 357 g/mol. The fraction of sp³-hybridized carbons (Fsp3) is 0.600. The molecule has 3 aromatic rings. The van der Waals surface area contributed by atoms with Crippen molar-refractivity contribution >= 4 is 30.2 Å². The van der Waals surface area contributed by atoms with E-state index in [0.29, 0.717) is 16.6 Å². The standard InChI is InChI=1S/C20H32N4Si/c1-9-16-12-24(25(13(2)3,14(4)5)15(6)7)20-18(16)19-17(10-21-20)11-22-23(19)8/h10-15H,9H2,1-8H3. The van der Waals surface area contributed by atoms with E-state index in [2.05, 4.69) is 64.0 Å². The second kappa shape index (κ2) is 6.27. The van der Waals surface area contributed by atoms with Gasteiger partial charge >= 0.3 is 0 Å². The summed E-state index contributed by atoms with van der Waals surface area (Å²) >= 11 is 0. The highest BCUT2D eigenvalue weighted by Gasteiger charge is 2.46. The third kappa shape index (κ3) is 2.39. The molecule has 0 aliphatic rings. The molecule has 0 bridgehead atoms. The van der Waals surface area contributed by atoms with Crippen molar-refractivity contribution in [2.24, 2.45) is 7.05 Å². The number of fused-ring (bicyclic) bond motifs is 3. The SMILES string of the molecule is CCc1cn([Si](C(C)C)(C(C)C)C(C)C)c2ncc3cnn(C)c3c12. The highest BCUT2D eigenvalue weighted by Crippen LogP contribution is 2.45. The Morgan fingerprint density at radius 3 is 2.12 bits per heavy atom. The zero-order chi connectivity index (χ0) is 18.5. The fourth-order valence-corrected chi connectivity index (χ4v) is 11.9. The maximum absolute atomic E-state index is 4.95. The highest BCUT2D eigenvalue weighted by atomic mass is 28.3. The van der Waals surface area contributed by atoms with Crippen LogP contribution >= 0.6 is 0 Å². The quantitative estimate of drug-likeness (QED) is 0.565. The molecule has 25 heavy (non-hydrogen) atoms. The van der Waals surface area contributed by atoms with Gasteiger partial charge < -0.3 is 4.23 Å². The molecule has 0 saturated carbocycles. The molecule has 136 valence electrons. The van der Waals surface area contributed by atoms with Gasteiger partial charge in [-0.2, -0.15) is 5.10 Å². The summed E-state index contributed by atoms with van der Waals surface area (Å²) in [7, 11) is 0.215. The third-order valence-electron chi connectivity index (χ3n) is 6.16. The molecule has 0 aliphatic carbocycles. The van der Waals surface area contributed by atoms with Gasteiger partial charge in [-0.25, -0.2) is 4.98 Å². The molecular formula is C20H32N4Si. The molecule has 0 atom stereocenters. The minimum absolute atomic E-state index is 0.650. The molecular weight excluding hydrogens is 324 g/mol. The smallest absolute Gasteiger partial charge is 0.171 e. The van der Waals surface area contributed by atoms with Crippen LogP contribution in [0.5, 0.6) is 0 Å². The first-order chi connectivity index (χ1) is 11.8. The van der Waals surface area contributed by atoms with Gasteiger partial charge in [0.2, 0.25) is 0 Å². The number of aromatic nitrogens is 4. The number of nitrogens with zero attached hydrogens (tertiary/aromatic N) is 4. The van der Waals surface area contributed by atoms with Crippen molar-refractivity contribution in [2.45, 2.75) is 71.5 Å². The molecule has 3 aromatic heterocycles. The average Bonchev–Trinajstić information content (AvgIpc) is 3.08. The number of hydrogen-bond donors (Lipinski definition) is 0. The first kappa shape index (κ1) is 18.2. The topological polar surface area (TPSA) is 35.6 Å². The Hall–Kier alpha value is -1.62. The van der Waals surface area contributed by atoms with E-state index in [1.54, 1.807) is 0 Å². The van der Waals surface area contributed by atoms with E-state index < -0.39 is 8.24 Å². The van der Waals surface area contributed by atoms with Crippen LogP contribution in [0.4, 0.5) is 0 Å². The van der Waals surface area contributed by atoms with E-state index in [1.165, 1.54) is 16.5 Å². The molecule has 3 heterocycles. The lowest BCUT2D eigenvalue weighted by Crippen LogP contribution is -2.51. The molecule has 0 amide bonds. The predicted octanol–water partition coefficient (Wildman–Crippen LogP) is 5.51. The number of hydrogen-bond acceptors (Lipinski definition) is 2. The van der Waals surface area contributed by atoms with E-state index in [-0.39, 0.29) is 0 Å². The second-order valence-corrected chi connectivity index (χ2v) is 14.0. The summed E-state index contributed by atoms with van der Waals surface area (Å²) in [6.45, 7) is 16.7. The van der Waals surface area contributed by atoms with Crippen molar-refractivity contribution in [3.05, 3.63) is 24.2 Å². The summed E-state index contributed by atoms with van der Waals surface area (Å²) in [5, 5.41) is 6.91. The van der Waals surface area contributed by atoms with Gasteiger partial charge in [-0.3, -0.25) is 4.68 Å². The van der Waals surface area contributed by atoms with Gasteiger partial charge in [-0.05, 0) is 28.6 Å². The monoisotopic (exact) mass is 356 g/mol. The number of aryl methyl sites for hydroxylation is 2. The van der Waals surface area contributed by atoms with Crippen molar-refractivity contribution in [1.82, 2.24) is 19.0 Å². The Bertz CT molecular complexity index is 880. The van der Waals surface area contributed by atoms with Crippen LogP contribution in [-0.2, 0) is 13.5 Å². The minimum atomic E-state index is -1.82. The zero-order valence-electron chi connectivity index (χ0n) is 17.0. The van der Waals surface area contributed by atoms with Gasteiger partial charge in [0.25, 0.3) is 0 Å². The van der Waals surface area contributed by atoms with Crippen LogP contribution < -0.4 is 0 Å². The van der Waals surface area contributed by atoms with E-state index >= 15 is 0 Å². The molecule has 0 unspecified atom stereocenters. The first-order valence-corrected chi connectivity index (χ1v) is 11.8. The summed E-state index contributed by atoms with van der Waals surface area (Å²) in [5.74, 6) is 0. The van der Waals surface area contributed by atoms with E-state index in [4.69, 9.17) is 4.98 Å². The lowest BCUT2D eigenvalue weighted by atomic mass is 10.1. The van der Waals surface area contributed by atoms with Gasteiger partial charge in [0.1, 0.15) is 5.65 Å².